The lowest BCUT2D eigenvalue weighted by molar-refractivity contribution is -0.113. The zero-order valence-electron chi connectivity index (χ0n) is 16.1. The third-order valence-electron chi connectivity index (χ3n) is 4.36. The summed E-state index contributed by atoms with van der Waals surface area (Å²) < 4.78 is 2.12. The molecule has 7 heteroatoms. The zero-order chi connectivity index (χ0) is 19.4. The molecule has 0 unspecified atom stereocenters. The van der Waals surface area contributed by atoms with E-state index in [1.165, 1.54) is 27.8 Å². The molecular formula is C20H24N4OS2. The Labute approximate surface area is 168 Å². The van der Waals surface area contributed by atoms with E-state index in [9.17, 15) is 4.79 Å². The summed E-state index contributed by atoms with van der Waals surface area (Å²) in [5.74, 6) is 1.15. The molecular weight excluding hydrogens is 376 g/mol. The van der Waals surface area contributed by atoms with Gasteiger partial charge in [-0.3, -0.25) is 4.79 Å². The van der Waals surface area contributed by atoms with Crippen LogP contribution < -0.4 is 5.32 Å². The molecule has 0 aliphatic carbocycles. The average molecular weight is 401 g/mol. The van der Waals surface area contributed by atoms with Crippen molar-refractivity contribution in [1.29, 1.82) is 0 Å². The highest BCUT2D eigenvalue weighted by Crippen LogP contribution is 2.31. The topological polar surface area (TPSA) is 59.8 Å². The minimum Gasteiger partial charge on any atom is -0.325 e. The predicted octanol–water partition coefficient (Wildman–Crippen LogP) is 5.07. The predicted molar refractivity (Wildman–Crippen MR) is 114 cm³/mol. The molecule has 142 valence electrons. The molecule has 0 spiro atoms. The van der Waals surface area contributed by atoms with Crippen LogP contribution in [0.4, 0.5) is 5.69 Å². The summed E-state index contributed by atoms with van der Waals surface area (Å²) in [6, 6.07) is 7.80. The van der Waals surface area contributed by atoms with Gasteiger partial charge in [0, 0.05) is 28.1 Å². The van der Waals surface area contributed by atoms with Gasteiger partial charge in [-0.25, -0.2) is 0 Å². The van der Waals surface area contributed by atoms with Gasteiger partial charge in [0.1, 0.15) is 0 Å². The number of benzene rings is 1. The molecule has 0 radical (unpaired) electrons. The average Bonchev–Trinajstić information content (AvgIpc) is 3.19. The Hall–Kier alpha value is -2.12. The smallest absolute Gasteiger partial charge is 0.234 e. The molecule has 0 aliphatic heterocycles. The lowest BCUT2D eigenvalue weighted by atomic mass is 10.1. The molecule has 1 N–H and O–H groups in total. The Morgan fingerprint density at radius 2 is 1.93 bits per heavy atom. The Morgan fingerprint density at radius 3 is 2.56 bits per heavy atom. The van der Waals surface area contributed by atoms with Gasteiger partial charge in [0.2, 0.25) is 5.91 Å². The largest absolute Gasteiger partial charge is 0.325 e. The fourth-order valence-corrected chi connectivity index (χ4v) is 4.35. The van der Waals surface area contributed by atoms with Crippen LogP contribution in [0.3, 0.4) is 0 Å². The third-order valence-corrected chi connectivity index (χ3v) is 6.34. The van der Waals surface area contributed by atoms with Crippen LogP contribution in [0.5, 0.6) is 0 Å². The van der Waals surface area contributed by atoms with Crippen molar-refractivity contribution in [2.24, 2.45) is 0 Å². The van der Waals surface area contributed by atoms with Crippen LogP contribution in [0, 0.1) is 20.8 Å². The van der Waals surface area contributed by atoms with Crippen LogP contribution in [0.1, 0.15) is 29.3 Å². The molecule has 0 saturated heterocycles. The quantitative estimate of drug-likeness (QED) is 0.562. The summed E-state index contributed by atoms with van der Waals surface area (Å²) in [4.78, 5) is 13.6. The second-order valence-electron chi connectivity index (χ2n) is 6.49. The molecule has 0 fully saturated rings. The highest BCUT2D eigenvalue weighted by molar-refractivity contribution is 7.99. The molecule has 1 aromatic carbocycles. The summed E-state index contributed by atoms with van der Waals surface area (Å²) in [6.45, 7) is 9.23. The van der Waals surface area contributed by atoms with Gasteiger partial charge in [-0.15, -0.1) is 21.5 Å². The Bertz CT molecular complexity index is 928. The monoisotopic (exact) mass is 400 g/mol. The van der Waals surface area contributed by atoms with Crippen molar-refractivity contribution in [3.63, 3.8) is 0 Å². The number of hydrogen-bond donors (Lipinski definition) is 1. The van der Waals surface area contributed by atoms with Crippen molar-refractivity contribution < 1.29 is 4.79 Å². The third kappa shape index (κ3) is 4.59. The van der Waals surface area contributed by atoms with Crippen molar-refractivity contribution in [2.75, 3.05) is 11.1 Å². The molecule has 0 bridgehead atoms. The first kappa shape index (κ1) is 19.6. The van der Waals surface area contributed by atoms with Crippen molar-refractivity contribution in [3.8, 4) is 11.4 Å². The number of thioether (sulfide) groups is 1. The number of anilines is 1. The van der Waals surface area contributed by atoms with Gasteiger partial charge in [0.25, 0.3) is 0 Å². The van der Waals surface area contributed by atoms with E-state index in [0.29, 0.717) is 5.75 Å². The van der Waals surface area contributed by atoms with Crippen LogP contribution in [0.15, 0.2) is 34.8 Å². The number of aromatic nitrogens is 3. The maximum Gasteiger partial charge on any atom is 0.234 e. The minimum absolute atomic E-state index is 0.0426. The van der Waals surface area contributed by atoms with Gasteiger partial charge in [0.15, 0.2) is 11.0 Å². The summed E-state index contributed by atoms with van der Waals surface area (Å²) in [7, 11) is 0. The van der Waals surface area contributed by atoms with Gasteiger partial charge in [-0.05, 0) is 44.9 Å². The second kappa shape index (κ2) is 8.71. The van der Waals surface area contributed by atoms with Gasteiger partial charge in [-0.2, -0.15) is 0 Å². The zero-order valence-corrected chi connectivity index (χ0v) is 17.7. The number of aryl methyl sites for hydroxylation is 2. The number of amides is 1. The SMILES string of the molecule is CCCn1c(SCC(=O)Nc2ccc(C)cc2)nnc1-c1csc(C)c1C. The van der Waals surface area contributed by atoms with Crippen LogP contribution in [0.25, 0.3) is 11.4 Å². The van der Waals surface area contributed by atoms with Crippen LogP contribution in [-0.2, 0) is 11.3 Å². The van der Waals surface area contributed by atoms with Gasteiger partial charge in [-0.1, -0.05) is 36.4 Å². The number of thiophene rings is 1. The van der Waals surface area contributed by atoms with E-state index >= 15 is 0 Å². The number of nitrogens with one attached hydrogen (secondary N) is 1. The van der Waals surface area contributed by atoms with E-state index < -0.39 is 0 Å². The van der Waals surface area contributed by atoms with Crippen LogP contribution >= 0.6 is 23.1 Å². The van der Waals surface area contributed by atoms with Crippen molar-refractivity contribution >= 4 is 34.7 Å². The maximum absolute atomic E-state index is 12.3. The van der Waals surface area contributed by atoms with Crippen molar-refractivity contribution in [3.05, 3.63) is 45.6 Å². The van der Waals surface area contributed by atoms with Crippen LogP contribution in [-0.4, -0.2) is 26.4 Å². The van der Waals surface area contributed by atoms with E-state index in [1.54, 1.807) is 11.3 Å². The molecule has 5 nitrogen and oxygen atoms in total. The lowest BCUT2D eigenvalue weighted by Crippen LogP contribution is -2.14. The summed E-state index contributed by atoms with van der Waals surface area (Å²) in [5, 5.41) is 14.6. The van der Waals surface area contributed by atoms with Crippen molar-refractivity contribution in [1.82, 2.24) is 14.8 Å². The van der Waals surface area contributed by atoms with E-state index in [-0.39, 0.29) is 5.91 Å². The molecule has 0 aliphatic rings. The molecule has 2 aromatic heterocycles. The first-order valence-electron chi connectivity index (χ1n) is 8.97. The van der Waals surface area contributed by atoms with Crippen LogP contribution in [0.2, 0.25) is 0 Å². The summed E-state index contributed by atoms with van der Waals surface area (Å²) in [6.07, 6.45) is 0.982. The molecule has 1 amide bonds. The van der Waals surface area contributed by atoms with Crippen molar-refractivity contribution in [2.45, 2.75) is 45.8 Å². The van der Waals surface area contributed by atoms with E-state index in [4.69, 9.17) is 0 Å². The summed E-state index contributed by atoms with van der Waals surface area (Å²) >= 11 is 3.16. The Kier molecular flexibility index (Phi) is 6.34. The summed E-state index contributed by atoms with van der Waals surface area (Å²) in [5.41, 5.74) is 4.36. The Morgan fingerprint density at radius 1 is 1.19 bits per heavy atom. The first-order chi connectivity index (χ1) is 13.0. The van der Waals surface area contributed by atoms with E-state index in [0.717, 1.165) is 35.2 Å². The molecule has 3 aromatic rings. The number of nitrogens with zero attached hydrogens (tertiary/aromatic N) is 3. The number of hydrogen-bond acceptors (Lipinski definition) is 5. The highest BCUT2D eigenvalue weighted by Gasteiger charge is 2.18. The molecule has 27 heavy (non-hydrogen) atoms. The van der Waals surface area contributed by atoms with Gasteiger partial charge < -0.3 is 9.88 Å². The van der Waals surface area contributed by atoms with E-state index in [2.05, 4.69) is 46.2 Å². The van der Waals surface area contributed by atoms with Gasteiger partial charge in [0.05, 0.1) is 5.75 Å². The number of carbonyl (C=O) groups is 1. The number of rotatable bonds is 7. The second-order valence-corrected chi connectivity index (χ2v) is 8.52. The maximum atomic E-state index is 12.3. The lowest BCUT2D eigenvalue weighted by Gasteiger charge is -2.09. The normalized spacial score (nSPS) is 11.0. The molecule has 0 saturated carbocycles. The minimum atomic E-state index is -0.0426. The van der Waals surface area contributed by atoms with Gasteiger partial charge >= 0.3 is 0 Å². The number of carbonyl (C=O) groups excluding carboxylic acids is 1. The fraction of sp³-hybridized carbons (Fsp3) is 0.350. The highest BCUT2D eigenvalue weighted by atomic mass is 32.2. The standard InChI is InChI=1S/C20H24N4OS2/c1-5-10-24-19(17-11-26-15(4)14(17)3)22-23-20(24)27-12-18(25)21-16-8-6-13(2)7-9-16/h6-9,11H,5,10,12H2,1-4H3,(H,21,25). The fourth-order valence-electron chi connectivity index (χ4n) is 2.72. The first-order valence-corrected chi connectivity index (χ1v) is 10.8. The molecule has 2 heterocycles. The molecule has 3 rings (SSSR count). The van der Waals surface area contributed by atoms with E-state index in [1.807, 2.05) is 31.2 Å². The molecule has 0 atom stereocenters. The Balaban J connectivity index is 1.72.